The van der Waals surface area contributed by atoms with Crippen molar-refractivity contribution in [1.29, 1.82) is 0 Å². The number of likely N-dealkylation sites (tertiary alicyclic amines) is 1. The average molecular weight is 228 g/mol. The second-order valence-electron chi connectivity index (χ2n) is 5.40. The minimum atomic E-state index is -0.273. The Morgan fingerprint density at radius 1 is 1.38 bits per heavy atom. The Balaban J connectivity index is 2.34. The first-order valence-corrected chi connectivity index (χ1v) is 6.06. The second kappa shape index (κ2) is 5.64. The van der Waals surface area contributed by atoms with Gasteiger partial charge in [0.15, 0.2) is 0 Å². The third-order valence-corrected chi connectivity index (χ3v) is 2.84. The topological polar surface area (TPSA) is 55.6 Å². The summed E-state index contributed by atoms with van der Waals surface area (Å²) in [7, 11) is 0. The molecule has 1 rings (SSSR count). The minimum Gasteiger partial charge on any atom is -0.377 e. The third kappa shape index (κ3) is 3.76. The molecule has 0 aromatic rings. The molecule has 94 valence electrons. The largest absolute Gasteiger partial charge is 0.377 e. The smallest absolute Gasteiger partial charge is 0.227 e. The van der Waals surface area contributed by atoms with Gasteiger partial charge in [0.25, 0.3) is 0 Å². The van der Waals surface area contributed by atoms with Crippen molar-refractivity contribution in [2.75, 3.05) is 26.2 Å². The van der Waals surface area contributed by atoms with Crippen LogP contribution < -0.4 is 5.73 Å². The van der Waals surface area contributed by atoms with Gasteiger partial charge in [-0.25, -0.2) is 0 Å². The van der Waals surface area contributed by atoms with Gasteiger partial charge in [-0.15, -0.1) is 0 Å². The Hall–Kier alpha value is -0.610. The molecule has 2 N–H and O–H groups in total. The van der Waals surface area contributed by atoms with Crippen LogP contribution in [0.25, 0.3) is 0 Å². The fraction of sp³-hybridized carbons (Fsp3) is 0.917. The van der Waals surface area contributed by atoms with E-state index in [9.17, 15) is 4.79 Å². The maximum absolute atomic E-state index is 12.0. The van der Waals surface area contributed by atoms with E-state index in [1.54, 1.807) is 0 Å². The van der Waals surface area contributed by atoms with Crippen LogP contribution in [-0.2, 0) is 9.53 Å². The number of nitrogens with zero attached hydrogens (tertiary/aromatic N) is 1. The van der Waals surface area contributed by atoms with Gasteiger partial charge in [-0.05, 0) is 12.8 Å². The van der Waals surface area contributed by atoms with Crippen LogP contribution in [0.2, 0.25) is 0 Å². The van der Waals surface area contributed by atoms with Gasteiger partial charge in [-0.2, -0.15) is 0 Å². The highest BCUT2D eigenvalue weighted by molar-refractivity contribution is 5.81. The molecule has 0 saturated carbocycles. The first-order chi connectivity index (χ1) is 7.45. The molecule has 0 radical (unpaired) electrons. The molecule has 0 atom stereocenters. The molecule has 1 heterocycles. The van der Waals surface area contributed by atoms with Crippen molar-refractivity contribution in [1.82, 2.24) is 4.90 Å². The lowest BCUT2D eigenvalue weighted by Gasteiger charge is -2.35. The predicted molar refractivity (Wildman–Crippen MR) is 64.1 cm³/mol. The van der Waals surface area contributed by atoms with Gasteiger partial charge in [0.2, 0.25) is 5.91 Å². The standard InChI is InChI=1S/C12H24N2O2/c1-12(2,3)11(15)14-7-4-10(5-8-14)16-9-6-13/h10H,4-9,13H2,1-3H3. The molecule has 1 saturated heterocycles. The molecule has 0 bridgehead atoms. The third-order valence-electron chi connectivity index (χ3n) is 2.84. The molecule has 16 heavy (non-hydrogen) atoms. The van der Waals surface area contributed by atoms with Crippen molar-refractivity contribution in [3.05, 3.63) is 0 Å². The fourth-order valence-electron chi connectivity index (χ4n) is 1.93. The molecular formula is C12H24N2O2. The van der Waals surface area contributed by atoms with Gasteiger partial charge in [0, 0.05) is 25.0 Å². The van der Waals surface area contributed by atoms with Crippen LogP contribution in [0, 0.1) is 5.41 Å². The summed E-state index contributed by atoms with van der Waals surface area (Å²) in [4.78, 5) is 14.0. The molecule has 0 aromatic heterocycles. The maximum atomic E-state index is 12.0. The summed E-state index contributed by atoms with van der Waals surface area (Å²) in [5.41, 5.74) is 5.12. The van der Waals surface area contributed by atoms with Crippen LogP contribution in [0.1, 0.15) is 33.6 Å². The van der Waals surface area contributed by atoms with Gasteiger partial charge < -0.3 is 15.4 Å². The number of carbonyl (C=O) groups is 1. The number of carbonyl (C=O) groups excluding carboxylic acids is 1. The van der Waals surface area contributed by atoms with Crippen LogP contribution in [0.5, 0.6) is 0 Å². The van der Waals surface area contributed by atoms with E-state index in [0.29, 0.717) is 13.2 Å². The molecule has 4 nitrogen and oxygen atoms in total. The Bertz CT molecular complexity index is 228. The summed E-state index contributed by atoms with van der Waals surface area (Å²) in [5.74, 6) is 0.241. The lowest BCUT2D eigenvalue weighted by molar-refractivity contribution is -0.142. The number of nitrogens with two attached hydrogens (primary N) is 1. The van der Waals surface area contributed by atoms with Crippen LogP contribution in [-0.4, -0.2) is 43.2 Å². The average Bonchev–Trinajstić information content (AvgIpc) is 2.25. The highest BCUT2D eigenvalue weighted by Crippen LogP contribution is 2.21. The van der Waals surface area contributed by atoms with E-state index >= 15 is 0 Å². The van der Waals surface area contributed by atoms with Gasteiger partial charge in [-0.3, -0.25) is 4.79 Å². The van der Waals surface area contributed by atoms with Crippen molar-refractivity contribution in [2.24, 2.45) is 11.1 Å². The summed E-state index contributed by atoms with van der Waals surface area (Å²) >= 11 is 0. The van der Waals surface area contributed by atoms with Crippen LogP contribution in [0.3, 0.4) is 0 Å². The maximum Gasteiger partial charge on any atom is 0.227 e. The Kier molecular flexibility index (Phi) is 4.74. The number of hydrogen-bond donors (Lipinski definition) is 1. The van der Waals surface area contributed by atoms with E-state index < -0.39 is 0 Å². The SMILES string of the molecule is CC(C)(C)C(=O)N1CCC(OCCN)CC1. The van der Waals surface area contributed by atoms with Crippen LogP contribution in [0.15, 0.2) is 0 Å². The van der Waals surface area contributed by atoms with Crippen LogP contribution in [0.4, 0.5) is 0 Å². The number of piperidine rings is 1. The van der Waals surface area contributed by atoms with E-state index in [0.717, 1.165) is 25.9 Å². The highest BCUT2D eigenvalue weighted by Gasteiger charge is 2.30. The zero-order chi connectivity index (χ0) is 12.2. The van der Waals surface area contributed by atoms with Crippen LogP contribution >= 0.6 is 0 Å². The minimum absolute atomic E-state index is 0.241. The van der Waals surface area contributed by atoms with E-state index in [1.165, 1.54) is 0 Å². The van der Waals surface area contributed by atoms with E-state index in [1.807, 2.05) is 25.7 Å². The monoisotopic (exact) mass is 228 g/mol. The molecule has 0 aromatic carbocycles. The summed E-state index contributed by atoms with van der Waals surface area (Å²) in [6.45, 7) is 8.71. The lowest BCUT2D eigenvalue weighted by Crippen LogP contribution is -2.45. The van der Waals surface area contributed by atoms with Crippen molar-refractivity contribution >= 4 is 5.91 Å². The molecule has 1 aliphatic rings. The summed E-state index contributed by atoms with van der Waals surface area (Å²) in [6, 6.07) is 0. The molecular weight excluding hydrogens is 204 g/mol. The Labute approximate surface area is 98.1 Å². The quantitative estimate of drug-likeness (QED) is 0.784. The summed E-state index contributed by atoms with van der Waals surface area (Å²) in [5, 5.41) is 0. The first kappa shape index (κ1) is 13.5. The zero-order valence-corrected chi connectivity index (χ0v) is 10.7. The van der Waals surface area contributed by atoms with Crippen molar-refractivity contribution < 1.29 is 9.53 Å². The second-order valence-corrected chi connectivity index (χ2v) is 5.40. The number of rotatable bonds is 3. The van der Waals surface area contributed by atoms with Crippen molar-refractivity contribution in [3.8, 4) is 0 Å². The number of hydrogen-bond acceptors (Lipinski definition) is 3. The predicted octanol–water partition coefficient (Wildman–Crippen LogP) is 0.999. The van der Waals surface area contributed by atoms with E-state index in [-0.39, 0.29) is 17.4 Å². The first-order valence-electron chi connectivity index (χ1n) is 6.06. The summed E-state index contributed by atoms with van der Waals surface area (Å²) < 4.78 is 5.58. The Morgan fingerprint density at radius 2 is 1.94 bits per heavy atom. The van der Waals surface area contributed by atoms with Gasteiger partial charge in [-0.1, -0.05) is 20.8 Å². The number of amides is 1. The molecule has 1 aliphatic heterocycles. The van der Waals surface area contributed by atoms with E-state index in [4.69, 9.17) is 10.5 Å². The van der Waals surface area contributed by atoms with Crippen molar-refractivity contribution in [3.63, 3.8) is 0 Å². The van der Waals surface area contributed by atoms with E-state index in [2.05, 4.69) is 0 Å². The van der Waals surface area contributed by atoms with Gasteiger partial charge in [0.1, 0.15) is 0 Å². The molecule has 0 spiro atoms. The molecule has 1 fully saturated rings. The lowest BCUT2D eigenvalue weighted by atomic mass is 9.93. The zero-order valence-electron chi connectivity index (χ0n) is 10.7. The highest BCUT2D eigenvalue weighted by atomic mass is 16.5. The summed E-state index contributed by atoms with van der Waals surface area (Å²) in [6.07, 6.45) is 2.15. The molecule has 0 unspecified atom stereocenters. The normalized spacial score (nSPS) is 18.9. The molecule has 1 amide bonds. The van der Waals surface area contributed by atoms with Crippen molar-refractivity contribution in [2.45, 2.75) is 39.7 Å². The Morgan fingerprint density at radius 3 is 2.38 bits per heavy atom. The molecule has 0 aliphatic carbocycles. The number of ether oxygens (including phenoxy) is 1. The molecule has 4 heteroatoms. The van der Waals surface area contributed by atoms with Gasteiger partial charge in [0.05, 0.1) is 12.7 Å². The fourth-order valence-corrected chi connectivity index (χ4v) is 1.93. The van der Waals surface area contributed by atoms with Gasteiger partial charge >= 0.3 is 0 Å².